The van der Waals surface area contributed by atoms with Gasteiger partial charge in [-0.3, -0.25) is 4.79 Å². The van der Waals surface area contributed by atoms with E-state index in [1.54, 1.807) is 6.07 Å². The summed E-state index contributed by atoms with van der Waals surface area (Å²) < 4.78 is 40.0. The molecule has 11 nitrogen and oxygen atoms in total. The third-order valence-electron chi connectivity index (χ3n) is 6.02. The topological polar surface area (TPSA) is 140 Å². The van der Waals surface area contributed by atoms with Crippen molar-refractivity contribution in [3.8, 4) is 17.2 Å². The smallest absolute Gasteiger partial charge is 0.306 e. The fourth-order valence-electron chi connectivity index (χ4n) is 4.22. The second kappa shape index (κ2) is 9.51. The monoisotopic (exact) mass is 534 g/mol. The van der Waals surface area contributed by atoms with Crippen molar-refractivity contribution in [3.63, 3.8) is 0 Å². The molecule has 1 aromatic heterocycles. The molecule has 0 amide bonds. The number of carboxylic acids is 1. The van der Waals surface area contributed by atoms with Crippen LogP contribution in [0.1, 0.15) is 18.4 Å². The first-order chi connectivity index (χ1) is 17.2. The molecule has 0 radical (unpaired) electrons. The number of piperidine rings is 1. The number of hydrogen-bond donors (Lipinski definition) is 2. The standard InChI is InChI=1S/C23H23ClN4O7S/c1-36(31,32)35-20-15(24)3-4-16-19(20)21(25-11-13-2-5-17-18(10-13)34-12-33-17)27-23(26-16)28-8-6-14(7-9-28)22(29)30/h2-5,10,14H,6-9,11-12H2,1H3,(H,29,30)(H,25,26,27). The van der Waals surface area contributed by atoms with Crippen LogP contribution in [0.25, 0.3) is 10.9 Å². The molecule has 2 N–H and O–H groups in total. The Hall–Kier alpha value is -3.51. The van der Waals surface area contributed by atoms with Gasteiger partial charge in [0.1, 0.15) is 5.82 Å². The fraction of sp³-hybridized carbons (Fsp3) is 0.348. The average molecular weight is 535 g/mol. The van der Waals surface area contributed by atoms with Crippen LogP contribution in [0.2, 0.25) is 5.02 Å². The van der Waals surface area contributed by atoms with E-state index in [0.29, 0.717) is 66.6 Å². The van der Waals surface area contributed by atoms with E-state index in [1.165, 1.54) is 6.07 Å². The largest absolute Gasteiger partial charge is 0.481 e. The van der Waals surface area contributed by atoms with Crippen LogP contribution in [0.15, 0.2) is 30.3 Å². The second-order valence-corrected chi connectivity index (χ2v) is 10.6. The second-order valence-electron chi connectivity index (χ2n) is 8.57. The van der Waals surface area contributed by atoms with Gasteiger partial charge in [0.25, 0.3) is 0 Å². The fourth-order valence-corrected chi connectivity index (χ4v) is 4.94. The Kier molecular flexibility index (Phi) is 6.39. The highest BCUT2D eigenvalue weighted by Crippen LogP contribution is 2.39. The Morgan fingerprint density at radius 3 is 2.67 bits per heavy atom. The van der Waals surface area contributed by atoms with Gasteiger partial charge in [0.15, 0.2) is 17.2 Å². The maximum Gasteiger partial charge on any atom is 0.306 e. The molecule has 0 spiro atoms. The lowest BCUT2D eigenvalue weighted by atomic mass is 9.97. The van der Waals surface area contributed by atoms with E-state index in [0.717, 1.165) is 11.8 Å². The van der Waals surface area contributed by atoms with Crippen LogP contribution in [0, 0.1) is 5.92 Å². The van der Waals surface area contributed by atoms with Crippen LogP contribution in [-0.2, 0) is 21.5 Å². The first-order valence-electron chi connectivity index (χ1n) is 11.2. The summed E-state index contributed by atoms with van der Waals surface area (Å²) >= 11 is 6.33. The number of aromatic nitrogens is 2. The Bertz CT molecular complexity index is 1440. The van der Waals surface area contributed by atoms with E-state index in [2.05, 4.69) is 15.3 Å². The molecule has 190 valence electrons. The Balaban J connectivity index is 1.53. The lowest BCUT2D eigenvalue weighted by Gasteiger charge is -2.30. The molecule has 13 heteroatoms. The minimum Gasteiger partial charge on any atom is -0.481 e. The van der Waals surface area contributed by atoms with Gasteiger partial charge in [0.05, 0.1) is 28.1 Å². The number of rotatable bonds is 7. The summed E-state index contributed by atoms with van der Waals surface area (Å²) in [6.45, 7) is 1.44. The van der Waals surface area contributed by atoms with Crippen molar-refractivity contribution in [1.82, 2.24) is 9.97 Å². The molecule has 2 aromatic carbocycles. The lowest BCUT2D eigenvalue weighted by Crippen LogP contribution is -2.37. The first-order valence-corrected chi connectivity index (χ1v) is 13.4. The molecule has 5 rings (SSSR count). The van der Waals surface area contributed by atoms with Crippen molar-refractivity contribution in [2.45, 2.75) is 19.4 Å². The highest BCUT2D eigenvalue weighted by molar-refractivity contribution is 7.86. The van der Waals surface area contributed by atoms with Gasteiger partial charge in [-0.1, -0.05) is 17.7 Å². The molecule has 1 fully saturated rings. The zero-order chi connectivity index (χ0) is 25.4. The van der Waals surface area contributed by atoms with Gasteiger partial charge < -0.3 is 29.0 Å². The highest BCUT2D eigenvalue weighted by atomic mass is 35.5. The first kappa shape index (κ1) is 24.2. The van der Waals surface area contributed by atoms with Crippen molar-refractivity contribution < 1.29 is 32.0 Å². The van der Waals surface area contributed by atoms with Crippen molar-refractivity contribution in [1.29, 1.82) is 0 Å². The summed E-state index contributed by atoms with van der Waals surface area (Å²) in [6, 6.07) is 8.71. The minimum absolute atomic E-state index is 0.0685. The van der Waals surface area contributed by atoms with Crippen molar-refractivity contribution in [2.75, 3.05) is 36.4 Å². The maximum atomic E-state index is 12.0. The molecule has 2 aliphatic rings. The van der Waals surface area contributed by atoms with Crippen LogP contribution in [0.3, 0.4) is 0 Å². The number of carboxylic acid groups (broad SMARTS) is 1. The zero-order valence-corrected chi connectivity index (χ0v) is 20.8. The SMILES string of the molecule is CS(=O)(=O)Oc1c(Cl)ccc2nc(N3CCC(C(=O)O)CC3)nc(NCc3ccc4c(c3)OCO4)c12. The minimum atomic E-state index is -3.89. The van der Waals surface area contributed by atoms with Gasteiger partial charge >= 0.3 is 16.1 Å². The number of aliphatic carboxylic acids is 1. The van der Waals surface area contributed by atoms with Crippen LogP contribution in [-0.4, -0.2) is 55.6 Å². The van der Waals surface area contributed by atoms with Gasteiger partial charge in [0.2, 0.25) is 12.7 Å². The summed E-state index contributed by atoms with van der Waals surface area (Å²) in [5, 5.41) is 13.0. The molecule has 0 aliphatic carbocycles. The molecule has 0 atom stereocenters. The van der Waals surface area contributed by atoms with Crippen LogP contribution < -0.4 is 23.9 Å². The summed E-state index contributed by atoms with van der Waals surface area (Å²) in [7, 11) is -3.89. The lowest BCUT2D eigenvalue weighted by molar-refractivity contribution is -0.142. The molecule has 36 heavy (non-hydrogen) atoms. The Morgan fingerprint density at radius 1 is 1.19 bits per heavy atom. The summed E-state index contributed by atoms with van der Waals surface area (Å²) in [5.74, 6) is 0.737. The number of carbonyl (C=O) groups is 1. The third-order valence-corrected chi connectivity index (χ3v) is 6.78. The molecule has 2 aliphatic heterocycles. The van der Waals surface area contributed by atoms with Gasteiger partial charge in [0, 0.05) is 19.6 Å². The summed E-state index contributed by atoms with van der Waals surface area (Å²) in [5.41, 5.74) is 1.30. The Morgan fingerprint density at radius 2 is 1.94 bits per heavy atom. The van der Waals surface area contributed by atoms with Gasteiger partial charge in [-0.15, -0.1) is 0 Å². The van der Waals surface area contributed by atoms with Gasteiger partial charge in [-0.2, -0.15) is 13.4 Å². The van der Waals surface area contributed by atoms with Crippen molar-refractivity contribution >= 4 is 50.4 Å². The quantitative estimate of drug-likeness (QED) is 0.431. The molecule has 1 saturated heterocycles. The molecule has 3 aromatic rings. The van der Waals surface area contributed by atoms with E-state index in [-0.39, 0.29) is 17.6 Å². The van der Waals surface area contributed by atoms with Crippen LogP contribution >= 0.6 is 11.6 Å². The van der Waals surface area contributed by atoms with Crippen molar-refractivity contribution in [3.05, 3.63) is 40.9 Å². The van der Waals surface area contributed by atoms with Gasteiger partial charge in [-0.05, 0) is 42.7 Å². The molecule has 3 heterocycles. The molecule has 0 bridgehead atoms. The van der Waals surface area contributed by atoms with E-state index in [9.17, 15) is 18.3 Å². The number of anilines is 2. The molecule has 0 saturated carbocycles. The molecular formula is C23H23ClN4O7S. The van der Waals surface area contributed by atoms with E-state index < -0.39 is 22.0 Å². The van der Waals surface area contributed by atoms with E-state index in [4.69, 9.17) is 25.3 Å². The third kappa shape index (κ3) is 5.05. The number of fused-ring (bicyclic) bond motifs is 2. The van der Waals surface area contributed by atoms with Crippen LogP contribution in [0.4, 0.5) is 11.8 Å². The van der Waals surface area contributed by atoms with Crippen LogP contribution in [0.5, 0.6) is 17.2 Å². The normalized spacial score (nSPS) is 15.8. The highest BCUT2D eigenvalue weighted by Gasteiger charge is 2.27. The number of hydrogen-bond acceptors (Lipinski definition) is 10. The summed E-state index contributed by atoms with van der Waals surface area (Å²) in [6.07, 6.45) is 1.88. The summed E-state index contributed by atoms with van der Waals surface area (Å²) in [4.78, 5) is 22.6. The predicted molar refractivity (Wildman–Crippen MR) is 132 cm³/mol. The average Bonchev–Trinajstić information content (AvgIpc) is 3.31. The Labute approximate surface area is 212 Å². The zero-order valence-electron chi connectivity index (χ0n) is 19.2. The number of halogens is 1. The van der Waals surface area contributed by atoms with E-state index in [1.807, 2.05) is 23.1 Å². The number of nitrogens with one attached hydrogen (secondary N) is 1. The number of benzene rings is 2. The van der Waals surface area contributed by atoms with Crippen molar-refractivity contribution in [2.24, 2.45) is 5.92 Å². The van der Waals surface area contributed by atoms with Gasteiger partial charge in [-0.25, -0.2) is 4.98 Å². The maximum absolute atomic E-state index is 12.0. The number of nitrogens with zero attached hydrogens (tertiary/aromatic N) is 3. The predicted octanol–water partition coefficient (Wildman–Crippen LogP) is 3.26. The van der Waals surface area contributed by atoms with E-state index >= 15 is 0 Å². The molecule has 0 unspecified atom stereocenters. The molecular weight excluding hydrogens is 512 g/mol. The number of ether oxygens (including phenoxy) is 2.